The molecule has 0 amide bonds. The average molecular weight is 234 g/mol. The summed E-state index contributed by atoms with van der Waals surface area (Å²) in [6, 6.07) is 6.78. The molecule has 2 aromatic rings. The molecule has 0 radical (unpaired) electrons. The van der Waals surface area contributed by atoms with Crippen LogP contribution in [0.1, 0.15) is 0 Å². The molecule has 0 aliphatic heterocycles. The van der Waals surface area contributed by atoms with Crippen molar-refractivity contribution in [2.75, 3.05) is 21.3 Å². The van der Waals surface area contributed by atoms with Gasteiger partial charge in [-0.05, 0) is 18.2 Å². The van der Waals surface area contributed by atoms with Crippen LogP contribution in [0.5, 0.6) is 23.0 Å². The molecule has 0 spiro atoms. The van der Waals surface area contributed by atoms with Crippen LogP contribution in [0.25, 0.3) is 10.8 Å². The Bertz CT molecular complexity index is 549. The first-order chi connectivity index (χ1) is 8.21. The fourth-order valence-electron chi connectivity index (χ4n) is 1.82. The third kappa shape index (κ3) is 1.82. The van der Waals surface area contributed by atoms with E-state index in [-0.39, 0.29) is 5.75 Å². The molecule has 0 saturated heterocycles. The van der Waals surface area contributed by atoms with Crippen molar-refractivity contribution in [2.24, 2.45) is 0 Å². The van der Waals surface area contributed by atoms with Gasteiger partial charge in [-0.2, -0.15) is 0 Å². The molecule has 17 heavy (non-hydrogen) atoms. The third-order valence-electron chi connectivity index (χ3n) is 2.67. The first-order valence-electron chi connectivity index (χ1n) is 5.13. The van der Waals surface area contributed by atoms with E-state index in [1.165, 1.54) is 0 Å². The normalized spacial score (nSPS) is 10.3. The van der Waals surface area contributed by atoms with E-state index in [0.717, 1.165) is 5.39 Å². The summed E-state index contributed by atoms with van der Waals surface area (Å²) in [7, 11) is 4.71. The Morgan fingerprint density at radius 3 is 2.18 bits per heavy atom. The van der Waals surface area contributed by atoms with Crippen LogP contribution in [0.15, 0.2) is 24.3 Å². The molecule has 4 heteroatoms. The zero-order valence-corrected chi connectivity index (χ0v) is 9.98. The van der Waals surface area contributed by atoms with Crippen LogP contribution in [0.3, 0.4) is 0 Å². The molecule has 1 N–H and O–H groups in total. The molecule has 0 bridgehead atoms. The van der Waals surface area contributed by atoms with Crippen LogP contribution in [-0.2, 0) is 0 Å². The van der Waals surface area contributed by atoms with Gasteiger partial charge in [0.2, 0.25) is 0 Å². The van der Waals surface area contributed by atoms with Gasteiger partial charge in [0.15, 0.2) is 0 Å². The second kappa shape index (κ2) is 4.41. The first kappa shape index (κ1) is 11.4. The molecule has 2 aromatic carbocycles. The lowest BCUT2D eigenvalue weighted by atomic mass is 10.1. The minimum Gasteiger partial charge on any atom is -0.507 e. The Kier molecular flexibility index (Phi) is 2.95. The van der Waals surface area contributed by atoms with E-state index in [9.17, 15) is 5.11 Å². The Labute approximate surface area is 99.3 Å². The number of aromatic hydroxyl groups is 1. The van der Waals surface area contributed by atoms with Crippen LogP contribution >= 0.6 is 0 Å². The summed E-state index contributed by atoms with van der Waals surface area (Å²) < 4.78 is 15.7. The molecular weight excluding hydrogens is 220 g/mol. The summed E-state index contributed by atoms with van der Waals surface area (Å²) in [5.41, 5.74) is 0. The highest BCUT2D eigenvalue weighted by Crippen LogP contribution is 2.41. The average Bonchev–Trinajstić information content (AvgIpc) is 2.38. The molecule has 0 aliphatic rings. The molecule has 0 aromatic heterocycles. The van der Waals surface area contributed by atoms with Crippen LogP contribution in [0.4, 0.5) is 0 Å². The number of hydrogen-bond donors (Lipinski definition) is 1. The van der Waals surface area contributed by atoms with E-state index in [0.29, 0.717) is 22.6 Å². The predicted molar refractivity (Wildman–Crippen MR) is 65.3 cm³/mol. The topological polar surface area (TPSA) is 47.9 Å². The molecule has 4 nitrogen and oxygen atoms in total. The molecule has 0 heterocycles. The van der Waals surface area contributed by atoms with Crippen molar-refractivity contribution < 1.29 is 19.3 Å². The van der Waals surface area contributed by atoms with Gasteiger partial charge in [-0.3, -0.25) is 0 Å². The predicted octanol–water partition coefficient (Wildman–Crippen LogP) is 2.57. The molecule has 90 valence electrons. The van der Waals surface area contributed by atoms with Crippen molar-refractivity contribution in [2.45, 2.75) is 0 Å². The van der Waals surface area contributed by atoms with E-state index in [1.807, 2.05) is 0 Å². The van der Waals surface area contributed by atoms with Crippen molar-refractivity contribution in [1.29, 1.82) is 0 Å². The minimum atomic E-state index is 0.165. The van der Waals surface area contributed by atoms with E-state index >= 15 is 0 Å². The van der Waals surface area contributed by atoms with Crippen molar-refractivity contribution in [3.63, 3.8) is 0 Å². The van der Waals surface area contributed by atoms with Crippen LogP contribution in [0, 0.1) is 0 Å². The van der Waals surface area contributed by atoms with Gasteiger partial charge in [0, 0.05) is 11.5 Å². The van der Waals surface area contributed by atoms with Crippen molar-refractivity contribution in [1.82, 2.24) is 0 Å². The highest BCUT2D eigenvalue weighted by atomic mass is 16.5. The summed E-state index contributed by atoms with van der Waals surface area (Å²) in [5.74, 6) is 2.04. The summed E-state index contributed by atoms with van der Waals surface area (Å²) >= 11 is 0. The van der Waals surface area contributed by atoms with Crippen molar-refractivity contribution in [3.8, 4) is 23.0 Å². The SMILES string of the molecule is COc1cc(OC)c2c(OC)ccc(O)c2c1. The summed E-state index contributed by atoms with van der Waals surface area (Å²) in [4.78, 5) is 0. The molecule has 0 fully saturated rings. The number of rotatable bonds is 3. The Hall–Kier alpha value is -2.10. The lowest BCUT2D eigenvalue weighted by molar-refractivity contribution is 0.392. The maximum absolute atomic E-state index is 9.86. The van der Waals surface area contributed by atoms with E-state index in [1.54, 1.807) is 45.6 Å². The van der Waals surface area contributed by atoms with Crippen LogP contribution < -0.4 is 14.2 Å². The van der Waals surface area contributed by atoms with Crippen LogP contribution in [-0.4, -0.2) is 26.4 Å². The van der Waals surface area contributed by atoms with E-state index in [4.69, 9.17) is 14.2 Å². The van der Waals surface area contributed by atoms with Gasteiger partial charge < -0.3 is 19.3 Å². The Morgan fingerprint density at radius 2 is 1.59 bits per heavy atom. The quantitative estimate of drug-likeness (QED) is 0.886. The number of phenols is 1. The number of benzene rings is 2. The zero-order chi connectivity index (χ0) is 12.4. The highest BCUT2D eigenvalue weighted by molar-refractivity contribution is 5.98. The number of ether oxygens (including phenoxy) is 3. The van der Waals surface area contributed by atoms with E-state index in [2.05, 4.69) is 0 Å². The minimum absolute atomic E-state index is 0.165. The second-order valence-electron chi connectivity index (χ2n) is 3.54. The Balaban J connectivity index is 2.86. The van der Waals surface area contributed by atoms with Crippen molar-refractivity contribution >= 4 is 10.8 Å². The number of methoxy groups -OCH3 is 3. The van der Waals surface area contributed by atoms with Gasteiger partial charge in [0.05, 0.1) is 26.7 Å². The number of hydrogen-bond acceptors (Lipinski definition) is 4. The molecule has 0 saturated carbocycles. The highest BCUT2D eigenvalue weighted by Gasteiger charge is 2.13. The van der Waals surface area contributed by atoms with Gasteiger partial charge in [-0.25, -0.2) is 0 Å². The van der Waals surface area contributed by atoms with Gasteiger partial charge in [0.1, 0.15) is 23.0 Å². The van der Waals surface area contributed by atoms with Gasteiger partial charge in [-0.1, -0.05) is 0 Å². The molecule has 0 unspecified atom stereocenters. The number of phenolic OH excluding ortho intramolecular Hbond substituents is 1. The first-order valence-corrected chi connectivity index (χ1v) is 5.13. The molecule has 0 aliphatic carbocycles. The largest absolute Gasteiger partial charge is 0.507 e. The standard InChI is InChI=1S/C13H14O4/c1-15-8-6-9-10(14)4-5-11(16-2)13(9)12(7-8)17-3/h4-7,14H,1-3H3. The van der Waals surface area contributed by atoms with Crippen LogP contribution in [0.2, 0.25) is 0 Å². The summed E-state index contributed by atoms with van der Waals surface area (Å²) in [6.07, 6.45) is 0. The van der Waals surface area contributed by atoms with Gasteiger partial charge in [0.25, 0.3) is 0 Å². The van der Waals surface area contributed by atoms with Gasteiger partial charge in [-0.15, -0.1) is 0 Å². The lowest BCUT2D eigenvalue weighted by Crippen LogP contribution is -1.92. The summed E-state index contributed by atoms with van der Waals surface area (Å²) in [5, 5.41) is 11.2. The molecule has 0 atom stereocenters. The number of fused-ring (bicyclic) bond motifs is 1. The fourth-order valence-corrected chi connectivity index (χ4v) is 1.82. The van der Waals surface area contributed by atoms with Gasteiger partial charge >= 0.3 is 0 Å². The summed E-state index contributed by atoms with van der Waals surface area (Å²) in [6.45, 7) is 0. The fraction of sp³-hybridized carbons (Fsp3) is 0.231. The van der Waals surface area contributed by atoms with E-state index < -0.39 is 0 Å². The zero-order valence-electron chi connectivity index (χ0n) is 9.98. The maximum atomic E-state index is 9.86. The maximum Gasteiger partial charge on any atom is 0.134 e. The lowest BCUT2D eigenvalue weighted by Gasteiger charge is -2.12. The molecular formula is C13H14O4. The smallest absolute Gasteiger partial charge is 0.134 e. The molecule has 2 rings (SSSR count). The second-order valence-corrected chi connectivity index (χ2v) is 3.54. The third-order valence-corrected chi connectivity index (χ3v) is 2.67. The van der Waals surface area contributed by atoms with Crippen molar-refractivity contribution in [3.05, 3.63) is 24.3 Å². The Morgan fingerprint density at radius 1 is 0.882 bits per heavy atom. The monoisotopic (exact) mass is 234 g/mol.